The molecule has 0 bridgehead atoms. The number of para-hydroxylation sites is 1. The first kappa shape index (κ1) is 14.3. The van der Waals surface area contributed by atoms with E-state index in [-0.39, 0.29) is 0 Å². The number of rotatable bonds is 7. The third kappa shape index (κ3) is 3.94. The van der Waals surface area contributed by atoms with E-state index in [1.807, 2.05) is 30.3 Å². The highest BCUT2D eigenvalue weighted by molar-refractivity contribution is 7.13. The van der Waals surface area contributed by atoms with Crippen LogP contribution in [0.5, 0.6) is 5.75 Å². The van der Waals surface area contributed by atoms with Gasteiger partial charge in [0, 0.05) is 5.38 Å². The standard InChI is InChI=1S/C13H15N3O3S/c14-11(12(17)18)10-8-20-13(16-10)15-6-7-19-9-4-2-1-3-5-9/h1-5,8,11H,6-7,14H2,(H,15,16)(H,17,18). The molecule has 2 aromatic rings. The fourth-order valence-corrected chi connectivity index (χ4v) is 2.26. The average molecular weight is 293 g/mol. The minimum absolute atomic E-state index is 0.356. The van der Waals surface area contributed by atoms with Gasteiger partial charge in [0.15, 0.2) is 5.13 Å². The van der Waals surface area contributed by atoms with E-state index in [1.54, 1.807) is 5.38 Å². The SMILES string of the molecule is NC(C(=O)O)c1csc(NCCOc2ccccc2)n1. The van der Waals surface area contributed by atoms with Gasteiger partial charge in [-0.25, -0.2) is 4.98 Å². The number of nitrogens with zero attached hydrogens (tertiary/aromatic N) is 1. The first-order chi connectivity index (χ1) is 9.66. The van der Waals surface area contributed by atoms with Crippen LogP contribution in [0.4, 0.5) is 5.13 Å². The summed E-state index contributed by atoms with van der Waals surface area (Å²) in [5, 5.41) is 14.1. The highest BCUT2D eigenvalue weighted by atomic mass is 32.1. The van der Waals surface area contributed by atoms with Gasteiger partial charge in [0.25, 0.3) is 0 Å². The molecule has 0 amide bonds. The van der Waals surface area contributed by atoms with Crippen LogP contribution < -0.4 is 15.8 Å². The molecule has 1 heterocycles. The lowest BCUT2D eigenvalue weighted by molar-refractivity contribution is -0.138. The Kier molecular flexibility index (Phi) is 4.91. The summed E-state index contributed by atoms with van der Waals surface area (Å²) in [5.74, 6) is -0.281. The summed E-state index contributed by atoms with van der Waals surface area (Å²) in [4.78, 5) is 14.8. The molecule has 0 fully saturated rings. The Morgan fingerprint density at radius 3 is 2.90 bits per heavy atom. The maximum Gasteiger partial charge on any atom is 0.326 e. The molecule has 0 aliphatic rings. The van der Waals surface area contributed by atoms with Crippen molar-refractivity contribution in [3.63, 3.8) is 0 Å². The number of aliphatic carboxylic acids is 1. The molecule has 2 rings (SSSR count). The Hall–Kier alpha value is -2.12. The predicted molar refractivity (Wildman–Crippen MR) is 77.1 cm³/mol. The normalized spacial score (nSPS) is 11.8. The molecule has 0 radical (unpaired) electrons. The zero-order valence-corrected chi connectivity index (χ0v) is 11.5. The summed E-state index contributed by atoms with van der Waals surface area (Å²) in [5.41, 5.74) is 5.83. The molecule has 0 saturated heterocycles. The molecule has 1 aromatic heterocycles. The summed E-state index contributed by atoms with van der Waals surface area (Å²) >= 11 is 1.32. The minimum Gasteiger partial charge on any atom is -0.492 e. The van der Waals surface area contributed by atoms with Crippen molar-refractivity contribution in [2.75, 3.05) is 18.5 Å². The van der Waals surface area contributed by atoms with Crippen molar-refractivity contribution in [1.82, 2.24) is 4.98 Å². The summed E-state index contributed by atoms with van der Waals surface area (Å²) in [7, 11) is 0. The number of nitrogens with one attached hydrogen (secondary N) is 1. The molecule has 4 N–H and O–H groups in total. The molecular formula is C13H15N3O3S. The largest absolute Gasteiger partial charge is 0.492 e. The molecule has 0 spiro atoms. The van der Waals surface area contributed by atoms with Crippen molar-refractivity contribution in [1.29, 1.82) is 0 Å². The van der Waals surface area contributed by atoms with E-state index in [0.717, 1.165) is 5.75 Å². The third-order valence-corrected chi connectivity index (χ3v) is 3.32. The Balaban J connectivity index is 1.76. The number of aromatic nitrogens is 1. The van der Waals surface area contributed by atoms with Crippen molar-refractivity contribution in [2.24, 2.45) is 5.73 Å². The van der Waals surface area contributed by atoms with Gasteiger partial charge in [-0.2, -0.15) is 0 Å². The fourth-order valence-electron chi connectivity index (χ4n) is 1.48. The highest BCUT2D eigenvalue weighted by Gasteiger charge is 2.17. The van der Waals surface area contributed by atoms with Crippen molar-refractivity contribution >= 4 is 22.4 Å². The Bertz CT molecular complexity index is 559. The van der Waals surface area contributed by atoms with Gasteiger partial charge in [-0.3, -0.25) is 4.79 Å². The van der Waals surface area contributed by atoms with Gasteiger partial charge in [-0.05, 0) is 12.1 Å². The average Bonchev–Trinajstić information content (AvgIpc) is 2.92. The van der Waals surface area contributed by atoms with Crippen LogP contribution in [-0.4, -0.2) is 29.2 Å². The van der Waals surface area contributed by atoms with E-state index in [4.69, 9.17) is 15.6 Å². The van der Waals surface area contributed by atoms with Crippen LogP contribution >= 0.6 is 11.3 Å². The Morgan fingerprint density at radius 2 is 2.20 bits per heavy atom. The minimum atomic E-state index is -1.09. The molecule has 0 saturated carbocycles. The molecule has 20 heavy (non-hydrogen) atoms. The summed E-state index contributed by atoms with van der Waals surface area (Å²) in [6.45, 7) is 1.06. The van der Waals surface area contributed by atoms with Crippen LogP contribution in [0.15, 0.2) is 35.7 Å². The van der Waals surface area contributed by atoms with Gasteiger partial charge >= 0.3 is 5.97 Å². The summed E-state index contributed by atoms with van der Waals surface area (Å²) in [6.07, 6.45) is 0. The quantitative estimate of drug-likeness (QED) is 0.672. The second-order valence-corrected chi connectivity index (χ2v) is 4.84. The molecule has 0 aliphatic heterocycles. The first-order valence-electron chi connectivity index (χ1n) is 6.02. The maximum absolute atomic E-state index is 10.7. The Morgan fingerprint density at radius 1 is 1.45 bits per heavy atom. The smallest absolute Gasteiger partial charge is 0.326 e. The number of hydrogen-bond acceptors (Lipinski definition) is 6. The fraction of sp³-hybridized carbons (Fsp3) is 0.231. The van der Waals surface area contributed by atoms with Gasteiger partial charge < -0.3 is 20.9 Å². The van der Waals surface area contributed by atoms with Crippen LogP contribution in [0.3, 0.4) is 0 Å². The van der Waals surface area contributed by atoms with Gasteiger partial charge in [-0.1, -0.05) is 18.2 Å². The van der Waals surface area contributed by atoms with E-state index >= 15 is 0 Å². The predicted octanol–water partition coefficient (Wildman–Crippen LogP) is 1.72. The number of anilines is 1. The number of nitrogens with two attached hydrogens (primary N) is 1. The van der Waals surface area contributed by atoms with Gasteiger partial charge in [0.05, 0.1) is 12.2 Å². The van der Waals surface area contributed by atoms with E-state index in [2.05, 4.69) is 10.3 Å². The topological polar surface area (TPSA) is 97.5 Å². The number of hydrogen-bond donors (Lipinski definition) is 3. The zero-order chi connectivity index (χ0) is 14.4. The number of ether oxygens (including phenoxy) is 1. The molecule has 1 aromatic carbocycles. The highest BCUT2D eigenvalue weighted by Crippen LogP contribution is 2.19. The van der Waals surface area contributed by atoms with Crippen LogP contribution in [-0.2, 0) is 4.79 Å². The number of carboxylic acid groups (broad SMARTS) is 1. The van der Waals surface area contributed by atoms with E-state index in [1.165, 1.54) is 11.3 Å². The van der Waals surface area contributed by atoms with Crippen molar-refractivity contribution in [2.45, 2.75) is 6.04 Å². The number of carboxylic acids is 1. The van der Waals surface area contributed by atoms with E-state index in [0.29, 0.717) is 24.0 Å². The lowest BCUT2D eigenvalue weighted by Crippen LogP contribution is -2.21. The van der Waals surface area contributed by atoms with Crippen molar-refractivity contribution in [3.8, 4) is 5.75 Å². The zero-order valence-electron chi connectivity index (χ0n) is 10.7. The maximum atomic E-state index is 10.7. The Labute approximate surface area is 120 Å². The third-order valence-electron chi connectivity index (χ3n) is 2.50. The van der Waals surface area contributed by atoms with Crippen LogP contribution in [0.2, 0.25) is 0 Å². The lowest BCUT2D eigenvalue weighted by Gasteiger charge is -2.06. The molecule has 7 heteroatoms. The van der Waals surface area contributed by atoms with Crippen LogP contribution in [0, 0.1) is 0 Å². The monoisotopic (exact) mass is 293 g/mol. The second-order valence-electron chi connectivity index (χ2n) is 3.98. The first-order valence-corrected chi connectivity index (χ1v) is 6.90. The van der Waals surface area contributed by atoms with E-state index in [9.17, 15) is 4.79 Å². The molecule has 6 nitrogen and oxygen atoms in total. The number of thiazole rings is 1. The van der Waals surface area contributed by atoms with Gasteiger partial charge in [0.2, 0.25) is 0 Å². The van der Waals surface area contributed by atoms with E-state index < -0.39 is 12.0 Å². The number of benzene rings is 1. The number of carbonyl (C=O) groups is 1. The van der Waals surface area contributed by atoms with Gasteiger partial charge in [-0.15, -0.1) is 11.3 Å². The summed E-state index contributed by atoms with van der Waals surface area (Å²) < 4.78 is 5.52. The molecule has 106 valence electrons. The lowest BCUT2D eigenvalue weighted by atomic mass is 10.2. The van der Waals surface area contributed by atoms with Crippen molar-refractivity contribution in [3.05, 3.63) is 41.4 Å². The second kappa shape index (κ2) is 6.88. The van der Waals surface area contributed by atoms with Crippen molar-refractivity contribution < 1.29 is 14.6 Å². The molecule has 0 aliphatic carbocycles. The molecular weight excluding hydrogens is 278 g/mol. The van der Waals surface area contributed by atoms with Gasteiger partial charge in [0.1, 0.15) is 18.4 Å². The van der Waals surface area contributed by atoms with Crippen LogP contribution in [0.1, 0.15) is 11.7 Å². The van der Waals surface area contributed by atoms with Crippen LogP contribution in [0.25, 0.3) is 0 Å². The summed E-state index contributed by atoms with van der Waals surface area (Å²) in [6, 6.07) is 8.42. The molecule has 1 unspecified atom stereocenters. The molecule has 1 atom stereocenters.